The van der Waals surface area contributed by atoms with Crippen LogP contribution in [0.5, 0.6) is 0 Å². The normalized spacial score (nSPS) is 12.5. The molecule has 0 aromatic heterocycles. The summed E-state index contributed by atoms with van der Waals surface area (Å²) in [5.74, 6) is -0.0469. The molecule has 0 aliphatic carbocycles. The van der Waals surface area contributed by atoms with Gasteiger partial charge < -0.3 is 15.5 Å². The van der Waals surface area contributed by atoms with E-state index in [-0.39, 0.29) is 25.2 Å². The Hall–Kier alpha value is -0.610. The molecular weight excluding hydrogens is 170 g/mol. The molecule has 0 fully saturated rings. The Balaban J connectivity index is 3.48. The third-order valence-electron chi connectivity index (χ3n) is 1.89. The summed E-state index contributed by atoms with van der Waals surface area (Å²) in [5.41, 5.74) is 0. The molecule has 1 atom stereocenters. The molecule has 0 aliphatic heterocycles. The Morgan fingerprint density at radius 1 is 1.38 bits per heavy atom. The highest BCUT2D eigenvalue weighted by atomic mass is 16.3. The van der Waals surface area contributed by atoms with Crippen LogP contribution in [-0.4, -0.2) is 35.4 Å². The molecule has 0 bridgehead atoms. The summed E-state index contributed by atoms with van der Waals surface area (Å²) < 4.78 is 0. The van der Waals surface area contributed by atoms with E-state index in [1.54, 1.807) is 0 Å². The van der Waals surface area contributed by atoms with Crippen LogP contribution >= 0.6 is 0 Å². The summed E-state index contributed by atoms with van der Waals surface area (Å²) in [7, 11) is 0. The maximum Gasteiger partial charge on any atom is 0.220 e. The van der Waals surface area contributed by atoms with Crippen molar-refractivity contribution in [3.05, 3.63) is 0 Å². The van der Waals surface area contributed by atoms with Gasteiger partial charge in [0.1, 0.15) is 0 Å². The summed E-state index contributed by atoms with van der Waals surface area (Å²) in [5, 5.41) is 20.0. The molecular formula is C9H19NO3. The van der Waals surface area contributed by atoms with E-state index in [1.165, 1.54) is 0 Å². The Morgan fingerprint density at radius 3 is 2.54 bits per heavy atom. The van der Waals surface area contributed by atoms with Crippen molar-refractivity contribution in [3.63, 3.8) is 0 Å². The average Bonchev–Trinajstić information content (AvgIpc) is 2.14. The van der Waals surface area contributed by atoms with Crippen LogP contribution in [0.2, 0.25) is 0 Å². The molecule has 78 valence electrons. The predicted octanol–water partition coefficient (Wildman–Crippen LogP) is 0.0361. The van der Waals surface area contributed by atoms with Gasteiger partial charge in [0.2, 0.25) is 5.91 Å². The lowest BCUT2D eigenvalue weighted by Crippen LogP contribution is -2.36. The van der Waals surface area contributed by atoms with Gasteiger partial charge in [-0.25, -0.2) is 0 Å². The number of hydrogen-bond acceptors (Lipinski definition) is 3. The van der Waals surface area contributed by atoms with E-state index < -0.39 is 0 Å². The second kappa shape index (κ2) is 8.01. The molecule has 0 aliphatic rings. The van der Waals surface area contributed by atoms with Gasteiger partial charge in [-0.15, -0.1) is 0 Å². The van der Waals surface area contributed by atoms with Gasteiger partial charge in [-0.1, -0.05) is 6.92 Å². The number of amides is 1. The van der Waals surface area contributed by atoms with Crippen LogP contribution in [0.15, 0.2) is 0 Å². The molecule has 0 aromatic carbocycles. The fraction of sp³-hybridized carbons (Fsp3) is 0.889. The third kappa shape index (κ3) is 6.54. The lowest BCUT2D eigenvalue weighted by molar-refractivity contribution is -0.122. The second-order valence-corrected chi connectivity index (χ2v) is 3.04. The van der Waals surface area contributed by atoms with Crippen LogP contribution in [0.25, 0.3) is 0 Å². The molecule has 0 spiro atoms. The van der Waals surface area contributed by atoms with Gasteiger partial charge in [0.05, 0.1) is 12.6 Å². The molecule has 0 saturated heterocycles. The summed E-state index contributed by atoms with van der Waals surface area (Å²) in [4.78, 5) is 11.1. The minimum Gasteiger partial charge on any atom is -0.396 e. The van der Waals surface area contributed by atoms with Crippen molar-refractivity contribution in [1.29, 1.82) is 0 Å². The van der Waals surface area contributed by atoms with Crippen LogP contribution in [0.1, 0.15) is 32.6 Å². The zero-order chi connectivity index (χ0) is 10.1. The van der Waals surface area contributed by atoms with Gasteiger partial charge in [-0.3, -0.25) is 4.79 Å². The highest BCUT2D eigenvalue weighted by Gasteiger charge is 2.07. The number of aliphatic hydroxyl groups is 2. The Morgan fingerprint density at radius 2 is 2.08 bits per heavy atom. The van der Waals surface area contributed by atoms with E-state index in [2.05, 4.69) is 5.32 Å². The minimum absolute atomic E-state index is 0.0117. The summed E-state index contributed by atoms with van der Waals surface area (Å²) in [6.45, 7) is 2.03. The van der Waals surface area contributed by atoms with E-state index in [4.69, 9.17) is 10.2 Å². The molecule has 0 saturated carbocycles. The number of nitrogens with one attached hydrogen (secondary N) is 1. The van der Waals surface area contributed by atoms with E-state index in [9.17, 15) is 4.79 Å². The van der Waals surface area contributed by atoms with Crippen LogP contribution < -0.4 is 5.32 Å². The zero-order valence-electron chi connectivity index (χ0n) is 8.12. The molecule has 1 amide bonds. The number of rotatable bonds is 7. The monoisotopic (exact) mass is 189 g/mol. The van der Waals surface area contributed by atoms with Crippen molar-refractivity contribution in [2.75, 3.05) is 13.2 Å². The number of carbonyl (C=O) groups is 1. The first-order valence-corrected chi connectivity index (χ1v) is 4.75. The SMILES string of the molecule is CC[C@H](CO)NC(=O)CCCCO. The molecule has 4 heteroatoms. The highest BCUT2D eigenvalue weighted by molar-refractivity contribution is 5.76. The smallest absolute Gasteiger partial charge is 0.220 e. The molecule has 0 unspecified atom stereocenters. The third-order valence-corrected chi connectivity index (χ3v) is 1.89. The Kier molecular flexibility index (Phi) is 7.63. The van der Waals surface area contributed by atoms with Crippen molar-refractivity contribution < 1.29 is 15.0 Å². The van der Waals surface area contributed by atoms with Crippen LogP contribution in [0, 0.1) is 0 Å². The van der Waals surface area contributed by atoms with Gasteiger partial charge in [-0.2, -0.15) is 0 Å². The second-order valence-electron chi connectivity index (χ2n) is 3.04. The maximum atomic E-state index is 11.1. The maximum absolute atomic E-state index is 11.1. The fourth-order valence-electron chi connectivity index (χ4n) is 0.974. The predicted molar refractivity (Wildman–Crippen MR) is 50.2 cm³/mol. The quantitative estimate of drug-likeness (QED) is 0.495. The lowest BCUT2D eigenvalue weighted by Gasteiger charge is -2.13. The first kappa shape index (κ1) is 12.4. The van der Waals surface area contributed by atoms with Crippen LogP contribution in [-0.2, 0) is 4.79 Å². The van der Waals surface area contributed by atoms with Crippen molar-refractivity contribution >= 4 is 5.91 Å². The zero-order valence-corrected chi connectivity index (χ0v) is 8.12. The summed E-state index contributed by atoms with van der Waals surface area (Å²) >= 11 is 0. The number of carbonyl (C=O) groups excluding carboxylic acids is 1. The molecule has 13 heavy (non-hydrogen) atoms. The van der Waals surface area contributed by atoms with Crippen LogP contribution in [0.4, 0.5) is 0 Å². The van der Waals surface area contributed by atoms with Gasteiger partial charge in [0.25, 0.3) is 0 Å². The van der Waals surface area contributed by atoms with Crippen molar-refractivity contribution in [2.45, 2.75) is 38.6 Å². The average molecular weight is 189 g/mol. The number of unbranched alkanes of at least 4 members (excludes halogenated alkanes) is 1. The molecule has 0 aromatic rings. The number of aliphatic hydroxyl groups excluding tert-OH is 2. The summed E-state index contributed by atoms with van der Waals surface area (Å²) in [6, 6.07) is -0.123. The first-order chi connectivity index (χ1) is 6.24. The van der Waals surface area contributed by atoms with Gasteiger partial charge in [0.15, 0.2) is 0 Å². The van der Waals surface area contributed by atoms with Crippen molar-refractivity contribution in [3.8, 4) is 0 Å². The number of hydrogen-bond donors (Lipinski definition) is 3. The van der Waals surface area contributed by atoms with Crippen molar-refractivity contribution in [1.82, 2.24) is 5.32 Å². The molecule has 0 heterocycles. The van der Waals surface area contributed by atoms with E-state index >= 15 is 0 Å². The molecule has 3 N–H and O–H groups in total. The fourth-order valence-corrected chi connectivity index (χ4v) is 0.974. The minimum atomic E-state index is -0.123. The van der Waals surface area contributed by atoms with Crippen LogP contribution in [0.3, 0.4) is 0 Å². The van der Waals surface area contributed by atoms with Crippen molar-refractivity contribution in [2.24, 2.45) is 0 Å². The summed E-state index contributed by atoms with van der Waals surface area (Å²) in [6.07, 6.45) is 2.52. The van der Waals surface area contributed by atoms with E-state index in [1.807, 2.05) is 6.92 Å². The van der Waals surface area contributed by atoms with Gasteiger partial charge in [-0.05, 0) is 19.3 Å². The topological polar surface area (TPSA) is 69.6 Å². The molecule has 4 nitrogen and oxygen atoms in total. The highest BCUT2D eigenvalue weighted by Crippen LogP contribution is 1.96. The van der Waals surface area contributed by atoms with Gasteiger partial charge in [0, 0.05) is 13.0 Å². The first-order valence-electron chi connectivity index (χ1n) is 4.75. The Bertz CT molecular complexity index is 135. The molecule has 0 radical (unpaired) electrons. The molecule has 0 rings (SSSR count). The Labute approximate surface area is 79.0 Å². The van der Waals surface area contributed by atoms with E-state index in [0.717, 1.165) is 6.42 Å². The standard InChI is InChI=1S/C9H19NO3/c1-2-8(7-12)10-9(13)5-3-4-6-11/h8,11-12H,2-7H2,1H3,(H,10,13)/t8-/m1/s1. The lowest BCUT2D eigenvalue weighted by atomic mass is 10.2. The van der Waals surface area contributed by atoms with Gasteiger partial charge >= 0.3 is 0 Å². The largest absolute Gasteiger partial charge is 0.396 e. The van der Waals surface area contributed by atoms with E-state index in [0.29, 0.717) is 19.3 Å².